The third-order valence-corrected chi connectivity index (χ3v) is 1.55. The van der Waals surface area contributed by atoms with Crippen molar-refractivity contribution in [3.8, 4) is 0 Å². The van der Waals surface area contributed by atoms with Crippen molar-refractivity contribution in [2.45, 2.75) is 20.0 Å². The molecular weight excluding hydrogens is 142 g/mol. The van der Waals surface area contributed by atoms with E-state index in [9.17, 15) is 4.79 Å². The summed E-state index contributed by atoms with van der Waals surface area (Å²) in [5.74, 6) is -0.190. The topological polar surface area (TPSA) is 49.7 Å². The molecule has 3 heteroatoms. The predicted molar refractivity (Wildman–Crippen MR) is 42.4 cm³/mol. The van der Waals surface area contributed by atoms with Crippen molar-refractivity contribution < 1.29 is 9.90 Å². The summed E-state index contributed by atoms with van der Waals surface area (Å²) in [6, 6.07) is 0. The van der Waals surface area contributed by atoms with E-state index >= 15 is 0 Å². The van der Waals surface area contributed by atoms with Gasteiger partial charge < -0.3 is 5.11 Å². The van der Waals surface area contributed by atoms with Crippen molar-refractivity contribution in [3.63, 3.8) is 0 Å². The van der Waals surface area contributed by atoms with Crippen LogP contribution in [0.15, 0.2) is 17.3 Å². The smallest absolute Gasteiger partial charge is 0.209 e. The summed E-state index contributed by atoms with van der Waals surface area (Å²) in [5.41, 5.74) is 0.458. The Balaban J connectivity index is 2.87. The molecule has 0 aromatic heterocycles. The number of hydrogen-bond donors (Lipinski definition) is 1. The lowest BCUT2D eigenvalue weighted by molar-refractivity contribution is -0.118. The van der Waals surface area contributed by atoms with Crippen molar-refractivity contribution in [3.05, 3.63) is 12.3 Å². The molecule has 0 aromatic carbocycles. The van der Waals surface area contributed by atoms with E-state index in [1.807, 2.05) is 13.8 Å². The third-order valence-electron chi connectivity index (χ3n) is 1.55. The van der Waals surface area contributed by atoms with Gasteiger partial charge in [0.1, 0.15) is 6.10 Å². The highest BCUT2D eigenvalue weighted by molar-refractivity contribution is 6.43. The highest BCUT2D eigenvalue weighted by Gasteiger charge is 2.23. The zero-order valence-electron chi connectivity index (χ0n) is 6.61. The highest BCUT2D eigenvalue weighted by Crippen LogP contribution is 2.07. The zero-order chi connectivity index (χ0) is 8.43. The molecule has 0 spiro atoms. The first kappa shape index (κ1) is 8.14. The molecule has 1 N–H and O–H groups in total. The number of carbonyl (C=O) groups excluding carboxylic acids is 1. The Hall–Kier alpha value is -0.960. The third kappa shape index (κ3) is 1.54. The van der Waals surface area contributed by atoms with Gasteiger partial charge in [0, 0.05) is 6.20 Å². The lowest BCUT2D eigenvalue weighted by Gasteiger charge is -2.13. The Morgan fingerprint density at radius 1 is 1.64 bits per heavy atom. The van der Waals surface area contributed by atoms with Crippen LogP contribution in [0, 0.1) is 5.92 Å². The fourth-order valence-electron chi connectivity index (χ4n) is 0.941. The molecule has 0 aliphatic carbocycles. The van der Waals surface area contributed by atoms with Gasteiger partial charge in [0.05, 0.1) is 5.71 Å². The maximum atomic E-state index is 11.1. The molecular formula is C8H11NO2. The lowest BCUT2D eigenvalue weighted by atomic mass is 9.99. The number of carbonyl (C=O) groups is 1. The SMILES string of the molecule is CC(C)C1=NC=CC(O)C1=O. The van der Waals surface area contributed by atoms with Crippen molar-refractivity contribution in [2.75, 3.05) is 0 Å². The second-order valence-corrected chi connectivity index (χ2v) is 2.82. The molecule has 1 aliphatic rings. The minimum atomic E-state index is -0.982. The molecule has 1 atom stereocenters. The summed E-state index contributed by atoms with van der Waals surface area (Å²) in [4.78, 5) is 15.0. The largest absolute Gasteiger partial charge is 0.381 e. The monoisotopic (exact) mass is 153 g/mol. The van der Waals surface area contributed by atoms with Gasteiger partial charge in [0.25, 0.3) is 0 Å². The lowest BCUT2D eigenvalue weighted by Crippen LogP contribution is -2.32. The first-order valence-corrected chi connectivity index (χ1v) is 3.59. The second-order valence-electron chi connectivity index (χ2n) is 2.82. The molecule has 11 heavy (non-hydrogen) atoms. The van der Waals surface area contributed by atoms with Crippen LogP contribution in [-0.4, -0.2) is 22.7 Å². The molecule has 0 bridgehead atoms. The maximum absolute atomic E-state index is 11.1. The van der Waals surface area contributed by atoms with Gasteiger partial charge in [-0.2, -0.15) is 0 Å². The number of rotatable bonds is 1. The number of aliphatic hydroxyl groups is 1. The first-order valence-electron chi connectivity index (χ1n) is 3.59. The van der Waals surface area contributed by atoms with Crippen molar-refractivity contribution in [1.29, 1.82) is 0 Å². The number of Topliss-reactive ketones (excluding diaryl/α,β-unsaturated/α-hetero) is 1. The van der Waals surface area contributed by atoms with Crippen LogP contribution in [-0.2, 0) is 4.79 Å². The van der Waals surface area contributed by atoms with Crippen LogP contribution in [0.25, 0.3) is 0 Å². The van der Waals surface area contributed by atoms with E-state index < -0.39 is 6.10 Å². The van der Waals surface area contributed by atoms with Gasteiger partial charge in [0.15, 0.2) is 0 Å². The number of hydrogen-bond acceptors (Lipinski definition) is 3. The molecule has 0 amide bonds. The minimum absolute atomic E-state index is 0.0853. The Morgan fingerprint density at radius 3 is 2.73 bits per heavy atom. The summed E-state index contributed by atoms with van der Waals surface area (Å²) in [5, 5.41) is 9.08. The van der Waals surface area contributed by atoms with Crippen LogP contribution in [0.1, 0.15) is 13.8 Å². The zero-order valence-corrected chi connectivity index (χ0v) is 6.61. The van der Waals surface area contributed by atoms with Crippen LogP contribution in [0.2, 0.25) is 0 Å². The Bertz CT molecular complexity index is 228. The molecule has 0 aromatic rings. The Kier molecular flexibility index (Phi) is 2.19. The molecule has 0 saturated carbocycles. The number of aliphatic imine (C=N–C) groups is 1. The number of aliphatic hydroxyl groups excluding tert-OH is 1. The Labute approximate surface area is 65.4 Å². The van der Waals surface area contributed by atoms with Crippen LogP contribution in [0.5, 0.6) is 0 Å². The van der Waals surface area contributed by atoms with Crippen molar-refractivity contribution in [1.82, 2.24) is 0 Å². The molecule has 0 fully saturated rings. The molecule has 1 unspecified atom stereocenters. The number of nitrogens with zero attached hydrogens (tertiary/aromatic N) is 1. The van der Waals surface area contributed by atoms with Crippen molar-refractivity contribution >= 4 is 11.5 Å². The molecule has 0 radical (unpaired) electrons. The van der Waals surface area contributed by atoms with Gasteiger partial charge in [0.2, 0.25) is 5.78 Å². The first-order chi connectivity index (χ1) is 5.13. The summed E-state index contributed by atoms with van der Waals surface area (Å²) in [6.07, 6.45) is 1.88. The van der Waals surface area contributed by atoms with Crippen LogP contribution in [0.4, 0.5) is 0 Å². The van der Waals surface area contributed by atoms with Crippen LogP contribution in [0.3, 0.4) is 0 Å². The van der Waals surface area contributed by atoms with E-state index in [1.54, 1.807) is 0 Å². The maximum Gasteiger partial charge on any atom is 0.209 e. The van der Waals surface area contributed by atoms with Crippen molar-refractivity contribution in [2.24, 2.45) is 10.9 Å². The minimum Gasteiger partial charge on any atom is -0.381 e. The molecule has 1 heterocycles. The fourth-order valence-corrected chi connectivity index (χ4v) is 0.941. The molecule has 1 aliphatic heterocycles. The second kappa shape index (κ2) is 2.96. The van der Waals surface area contributed by atoms with Gasteiger partial charge in [-0.1, -0.05) is 13.8 Å². The highest BCUT2D eigenvalue weighted by atomic mass is 16.3. The molecule has 0 saturated heterocycles. The average molecular weight is 153 g/mol. The van der Waals surface area contributed by atoms with Gasteiger partial charge in [-0.05, 0) is 12.0 Å². The summed E-state index contributed by atoms with van der Waals surface area (Å²) in [7, 11) is 0. The van der Waals surface area contributed by atoms with E-state index in [4.69, 9.17) is 5.11 Å². The molecule has 3 nitrogen and oxygen atoms in total. The van der Waals surface area contributed by atoms with Gasteiger partial charge in [-0.3, -0.25) is 9.79 Å². The van der Waals surface area contributed by atoms with Crippen LogP contribution >= 0.6 is 0 Å². The van der Waals surface area contributed by atoms with Gasteiger partial charge in [-0.15, -0.1) is 0 Å². The summed E-state index contributed by atoms with van der Waals surface area (Å²) >= 11 is 0. The molecule has 60 valence electrons. The average Bonchev–Trinajstić information content (AvgIpc) is 1.94. The normalized spacial score (nSPS) is 24.2. The quantitative estimate of drug-likeness (QED) is 0.597. The number of ketones is 1. The van der Waals surface area contributed by atoms with E-state index in [1.165, 1.54) is 12.3 Å². The van der Waals surface area contributed by atoms with Gasteiger partial charge >= 0.3 is 0 Å². The van der Waals surface area contributed by atoms with Crippen LogP contribution < -0.4 is 0 Å². The summed E-state index contributed by atoms with van der Waals surface area (Å²) < 4.78 is 0. The Morgan fingerprint density at radius 2 is 2.27 bits per heavy atom. The van der Waals surface area contributed by atoms with E-state index in [0.717, 1.165) is 0 Å². The van der Waals surface area contributed by atoms with E-state index in [0.29, 0.717) is 5.71 Å². The standard InChI is InChI=1S/C8H11NO2/c1-5(2)7-8(11)6(10)3-4-9-7/h3-6,10H,1-2H3. The van der Waals surface area contributed by atoms with E-state index in [2.05, 4.69) is 4.99 Å². The molecule has 1 rings (SSSR count). The van der Waals surface area contributed by atoms with E-state index in [-0.39, 0.29) is 11.7 Å². The predicted octanol–water partition coefficient (Wildman–Crippen LogP) is 0.541. The summed E-state index contributed by atoms with van der Waals surface area (Å²) in [6.45, 7) is 3.76. The van der Waals surface area contributed by atoms with Gasteiger partial charge in [-0.25, -0.2) is 0 Å². The fraction of sp³-hybridized carbons (Fsp3) is 0.500.